The molecule has 2 N–H and O–H groups in total. The first-order valence-corrected chi connectivity index (χ1v) is 8.26. The highest BCUT2D eigenvalue weighted by Gasteiger charge is 2.16. The lowest BCUT2D eigenvalue weighted by atomic mass is 10.1. The van der Waals surface area contributed by atoms with Crippen LogP contribution in [-0.2, 0) is 13.6 Å². The van der Waals surface area contributed by atoms with Gasteiger partial charge in [0.1, 0.15) is 5.75 Å². The van der Waals surface area contributed by atoms with E-state index in [0.29, 0.717) is 6.54 Å². The van der Waals surface area contributed by atoms with Gasteiger partial charge >= 0.3 is 0 Å². The molecule has 1 heterocycles. The van der Waals surface area contributed by atoms with Crippen LogP contribution in [-0.4, -0.2) is 55.4 Å². The Bertz CT molecular complexity index is 677. The number of likely N-dealkylation sites (N-methyl/N-ethyl adjacent to an activating group) is 1. The molecule has 1 unspecified atom stereocenters. The van der Waals surface area contributed by atoms with Crippen molar-refractivity contribution in [2.45, 2.75) is 12.6 Å². The minimum Gasteiger partial charge on any atom is -0.497 e. The van der Waals surface area contributed by atoms with Crippen molar-refractivity contribution < 1.29 is 4.74 Å². The quantitative estimate of drug-likeness (QED) is 0.587. The number of methoxy groups -OCH3 is 1. The van der Waals surface area contributed by atoms with Crippen LogP contribution in [0.2, 0.25) is 0 Å². The molecule has 0 amide bonds. The molecule has 0 spiro atoms. The van der Waals surface area contributed by atoms with Gasteiger partial charge in [0.05, 0.1) is 19.3 Å². The molecule has 0 fully saturated rings. The summed E-state index contributed by atoms with van der Waals surface area (Å²) in [5.41, 5.74) is 2.34. The molecule has 0 bridgehead atoms. The molecule has 136 valence electrons. The lowest BCUT2D eigenvalue weighted by Gasteiger charge is -2.24. The smallest absolute Gasteiger partial charge is 0.191 e. The second-order valence-electron chi connectivity index (χ2n) is 6.08. The van der Waals surface area contributed by atoms with Gasteiger partial charge in [0.15, 0.2) is 5.96 Å². The minimum atomic E-state index is 0.216. The van der Waals surface area contributed by atoms with Crippen LogP contribution >= 0.6 is 0 Å². The highest BCUT2D eigenvalue weighted by Crippen LogP contribution is 2.16. The molecule has 7 nitrogen and oxygen atoms in total. The zero-order valence-corrected chi connectivity index (χ0v) is 15.7. The number of aliphatic imine (C=N–C) groups is 1. The number of hydrogen-bond acceptors (Lipinski definition) is 4. The summed E-state index contributed by atoms with van der Waals surface area (Å²) in [5.74, 6) is 1.63. The molecule has 1 aromatic heterocycles. The predicted octanol–water partition coefficient (Wildman–Crippen LogP) is 1.40. The zero-order chi connectivity index (χ0) is 18.2. The first-order chi connectivity index (χ1) is 12.0. The Morgan fingerprint density at radius 1 is 1.28 bits per heavy atom. The Labute approximate surface area is 149 Å². The predicted molar refractivity (Wildman–Crippen MR) is 101 cm³/mol. The maximum absolute atomic E-state index is 5.18. The Kier molecular flexibility index (Phi) is 6.82. The average Bonchev–Trinajstić information content (AvgIpc) is 3.04. The van der Waals surface area contributed by atoms with Crippen molar-refractivity contribution in [3.63, 3.8) is 0 Å². The van der Waals surface area contributed by atoms with Crippen molar-refractivity contribution in [3.8, 4) is 5.75 Å². The van der Waals surface area contributed by atoms with Gasteiger partial charge in [0, 0.05) is 38.9 Å². The summed E-state index contributed by atoms with van der Waals surface area (Å²) >= 11 is 0. The van der Waals surface area contributed by atoms with E-state index in [0.717, 1.165) is 18.3 Å². The fourth-order valence-electron chi connectivity index (χ4n) is 2.55. The summed E-state index contributed by atoms with van der Waals surface area (Å²) < 4.78 is 7.00. The molecule has 2 aromatic rings. The number of hydrogen-bond donors (Lipinski definition) is 2. The average molecular weight is 344 g/mol. The molecule has 1 atom stereocenters. The van der Waals surface area contributed by atoms with E-state index >= 15 is 0 Å². The van der Waals surface area contributed by atoms with Crippen LogP contribution in [0.15, 0.2) is 41.7 Å². The Hall–Kier alpha value is -2.54. The molecule has 0 aliphatic rings. The molecule has 0 aliphatic heterocycles. The molecular formula is C18H28N6O. The van der Waals surface area contributed by atoms with Crippen molar-refractivity contribution >= 4 is 5.96 Å². The zero-order valence-electron chi connectivity index (χ0n) is 15.7. The van der Waals surface area contributed by atoms with Crippen LogP contribution < -0.4 is 15.4 Å². The largest absolute Gasteiger partial charge is 0.497 e. The second kappa shape index (κ2) is 9.08. The van der Waals surface area contributed by atoms with E-state index in [-0.39, 0.29) is 6.04 Å². The SMILES string of the molecule is CN=C(NCc1ccc(OC)cc1)NCC(c1cnn(C)c1)N(C)C. The van der Waals surface area contributed by atoms with Gasteiger partial charge in [-0.1, -0.05) is 12.1 Å². The number of guanidine groups is 1. The van der Waals surface area contributed by atoms with Crippen LogP contribution in [0.4, 0.5) is 0 Å². The normalized spacial score (nSPS) is 13.0. The van der Waals surface area contributed by atoms with Gasteiger partial charge in [-0.3, -0.25) is 9.67 Å². The van der Waals surface area contributed by atoms with E-state index in [1.165, 1.54) is 11.1 Å². The number of aromatic nitrogens is 2. The number of nitrogens with one attached hydrogen (secondary N) is 2. The number of benzene rings is 1. The van der Waals surface area contributed by atoms with Crippen molar-refractivity contribution in [1.82, 2.24) is 25.3 Å². The highest BCUT2D eigenvalue weighted by atomic mass is 16.5. The van der Waals surface area contributed by atoms with E-state index in [9.17, 15) is 0 Å². The molecule has 0 saturated carbocycles. The minimum absolute atomic E-state index is 0.216. The second-order valence-corrected chi connectivity index (χ2v) is 6.08. The monoisotopic (exact) mass is 344 g/mol. The van der Waals surface area contributed by atoms with Gasteiger partial charge in [0.25, 0.3) is 0 Å². The van der Waals surface area contributed by atoms with Crippen molar-refractivity contribution in [1.29, 1.82) is 0 Å². The Morgan fingerprint density at radius 2 is 2.00 bits per heavy atom. The van der Waals surface area contributed by atoms with Gasteiger partial charge in [-0.2, -0.15) is 5.10 Å². The van der Waals surface area contributed by atoms with Crippen molar-refractivity contribution in [2.75, 3.05) is 34.8 Å². The third-order valence-electron chi connectivity index (χ3n) is 4.04. The first-order valence-electron chi connectivity index (χ1n) is 8.26. The topological polar surface area (TPSA) is 66.7 Å². The van der Waals surface area contributed by atoms with Gasteiger partial charge in [-0.15, -0.1) is 0 Å². The molecular weight excluding hydrogens is 316 g/mol. The fraction of sp³-hybridized carbons (Fsp3) is 0.444. The number of ether oxygens (including phenoxy) is 1. The van der Waals surface area contributed by atoms with Crippen LogP contribution in [0.25, 0.3) is 0 Å². The van der Waals surface area contributed by atoms with E-state index in [1.807, 2.05) is 48.4 Å². The number of nitrogens with zero attached hydrogens (tertiary/aromatic N) is 4. The Balaban J connectivity index is 1.89. The molecule has 0 saturated heterocycles. The summed E-state index contributed by atoms with van der Waals surface area (Å²) in [6.45, 7) is 1.43. The summed E-state index contributed by atoms with van der Waals surface area (Å²) in [4.78, 5) is 6.46. The van der Waals surface area contributed by atoms with Gasteiger partial charge < -0.3 is 20.3 Å². The third-order valence-corrected chi connectivity index (χ3v) is 4.04. The van der Waals surface area contributed by atoms with E-state index in [4.69, 9.17) is 4.74 Å². The summed E-state index contributed by atoms with van der Waals surface area (Å²) in [5, 5.41) is 11.0. The third kappa shape index (κ3) is 5.49. The lowest BCUT2D eigenvalue weighted by Crippen LogP contribution is -2.41. The van der Waals surface area contributed by atoms with E-state index in [1.54, 1.807) is 14.2 Å². The van der Waals surface area contributed by atoms with Gasteiger partial charge in [0.2, 0.25) is 0 Å². The molecule has 0 radical (unpaired) electrons. The van der Waals surface area contributed by atoms with Gasteiger partial charge in [-0.25, -0.2) is 0 Å². The first kappa shape index (κ1) is 18.8. The summed E-state index contributed by atoms with van der Waals surface area (Å²) in [6.07, 6.45) is 3.94. The highest BCUT2D eigenvalue weighted by molar-refractivity contribution is 5.79. The van der Waals surface area contributed by atoms with Crippen LogP contribution in [0, 0.1) is 0 Å². The van der Waals surface area contributed by atoms with E-state index < -0.39 is 0 Å². The summed E-state index contributed by atoms with van der Waals surface area (Å²) in [6, 6.07) is 8.21. The Morgan fingerprint density at radius 3 is 2.52 bits per heavy atom. The fourth-order valence-corrected chi connectivity index (χ4v) is 2.55. The maximum Gasteiger partial charge on any atom is 0.191 e. The van der Waals surface area contributed by atoms with Crippen LogP contribution in [0.5, 0.6) is 5.75 Å². The van der Waals surface area contributed by atoms with Crippen LogP contribution in [0.3, 0.4) is 0 Å². The standard InChI is InChI=1S/C18H28N6O/c1-19-18(20-10-14-6-8-16(25-5)9-7-14)21-12-17(23(2)3)15-11-22-24(4)13-15/h6-9,11,13,17H,10,12H2,1-5H3,(H2,19,20,21). The molecule has 7 heteroatoms. The number of aryl methyl sites for hydroxylation is 1. The number of rotatable bonds is 7. The van der Waals surface area contributed by atoms with Crippen LogP contribution in [0.1, 0.15) is 17.2 Å². The van der Waals surface area contributed by atoms with Gasteiger partial charge in [-0.05, 0) is 31.8 Å². The molecule has 2 rings (SSSR count). The molecule has 0 aliphatic carbocycles. The van der Waals surface area contributed by atoms with Crippen molar-refractivity contribution in [2.24, 2.45) is 12.0 Å². The van der Waals surface area contributed by atoms with E-state index in [2.05, 4.69) is 39.7 Å². The maximum atomic E-state index is 5.18. The molecule has 1 aromatic carbocycles. The van der Waals surface area contributed by atoms with Crippen molar-refractivity contribution in [3.05, 3.63) is 47.8 Å². The lowest BCUT2D eigenvalue weighted by molar-refractivity contribution is 0.298. The molecule has 25 heavy (non-hydrogen) atoms. The summed E-state index contributed by atoms with van der Waals surface area (Å²) in [7, 11) is 9.50.